The van der Waals surface area contributed by atoms with Crippen LogP contribution in [-0.4, -0.2) is 49.8 Å². The average molecular weight is 174 g/mol. The highest BCUT2D eigenvalue weighted by Crippen LogP contribution is 1.94. The van der Waals surface area contributed by atoms with E-state index in [1.807, 2.05) is 0 Å². The van der Waals surface area contributed by atoms with Gasteiger partial charge in [0.2, 0.25) is 0 Å². The maximum atomic E-state index is 8.59. The van der Waals surface area contributed by atoms with Crippen molar-refractivity contribution in [2.75, 3.05) is 33.8 Å². The molecule has 0 aromatic rings. The summed E-state index contributed by atoms with van der Waals surface area (Å²) in [6.07, 6.45) is 1.96. The fraction of sp³-hybridized carbons (Fsp3) is 1.00. The second kappa shape index (κ2) is 7.53. The molecule has 12 heavy (non-hydrogen) atoms. The van der Waals surface area contributed by atoms with Crippen LogP contribution in [0.3, 0.4) is 0 Å². The van der Waals surface area contributed by atoms with Gasteiger partial charge < -0.3 is 15.3 Å². The summed E-state index contributed by atoms with van der Waals surface area (Å²) in [5, 5.41) is 12.0. The van der Waals surface area contributed by atoms with E-state index in [0.29, 0.717) is 12.6 Å². The van der Waals surface area contributed by atoms with E-state index in [2.05, 4.69) is 31.2 Å². The number of hydrogen-bond donors (Lipinski definition) is 2. The minimum absolute atomic E-state index is 0.305. The second-order valence-corrected chi connectivity index (χ2v) is 3.52. The van der Waals surface area contributed by atoms with Gasteiger partial charge in [0, 0.05) is 25.7 Å². The molecule has 0 bridgehead atoms. The molecular formula is C9H22N2O. The standard InChI is InChI=1S/C9H22N2O/c1-9(5-4-8-12)10-6-7-11(2)3/h9-10,12H,4-8H2,1-3H3. The van der Waals surface area contributed by atoms with Crippen molar-refractivity contribution in [3.8, 4) is 0 Å². The maximum absolute atomic E-state index is 8.59. The molecule has 0 aliphatic heterocycles. The molecular weight excluding hydrogens is 152 g/mol. The Morgan fingerprint density at radius 1 is 1.42 bits per heavy atom. The van der Waals surface area contributed by atoms with E-state index in [4.69, 9.17) is 5.11 Å². The van der Waals surface area contributed by atoms with Crippen LogP contribution in [0.15, 0.2) is 0 Å². The summed E-state index contributed by atoms with van der Waals surface area (Å²) < 4.78 is 0. The topological polar surface area (TPSA) is 35.5 Å². The van der Waals surface area contributed by atoms with E-state index >= 15 is 0 Å². The lowest BCUT2D eigenvalue weighted by molar-refractivity contribution is 0.275. The zero-order chi connectivity index (χ0) is 9.40. The molecule has 0 radical (unpaired) electrons. The summed E-state index contributed by atoms with van der Waals surface area (Å²) in [5.74, 6) is 0. The molecule has 3 nitrogen and oxygen atoms in total. The molecule has 0 heterocycles. The fourth-order valence-corrected chi connectivity index (χ4v) is 1.03. The van der Waals surface area contributed by atoms with Crippen molar-refractivity contribution in [3.05, 3.63) is 0 Å². The number of likely N-dealkylation sites (N-methyl/N-ethyl adjacent to an activating group) is 1. The van der Waals surface area contributed by atoms with E-state index in [1.165, 1.54) is 0 Å². The molecule has 0 aliphatic carbocycles. The van der Waals surface area contributed by atoms with Gasteiger partial charge in [-0.1, -0.05) is 0 Å². The number of hydrogen-bond acceptors (Lipinski definition) is 3. The van der Waals surface area contributed by atoms with E-state index < -0.39 is 0 Å². The van der Waals surface area contributed by atoms with Gasteiger partial charge in [0.1, 0.15) is 0 Å². The quantitative estimate of drug-likeness (QED) is 0.582. The summed E-state index contributed by atoms with van der Waals surface area (Å²) >= 11 is 0. The zero-order valence-electron chi connectivity index (χ0n) is 8.51. The van der Waals surface area contributed by atoms with E-state index in [0.717, 1.165) is 25.9 Å². The Morgan fingerprint density at radius 2 is 2.08 bits per heavy atom. The summed E-state index contributed by atoms with van der Waals surface area (Å²) in [5.41, 5.74) is 0. The van der Waals surface area contributed by atoms with Crippen molar-refractivity contribution in [2.45, 2.75) is 25.8 Å². The van der Waals surface area contributed by atoms with Gasteiger partial charge in [-0.25, -0.2) is 0 Å². The Morgan fingerprint density at radius 3 is 2.58 bits per heavy atom. The number of rotatable bonds is 7. The smallest absolute Gasteiger partial charge is 0.0431 e. The molecule has 0 amide bonds. The zero-order valence-corrected chi connectivity index (χ0v) is 8.51. The van der Waals surface area contributed by atoms with Crippen LogP contribution in [-0.2, 0) is 0 Å². The van der Waals surface area contributed by atoms with Gasteiger partial charge in [-0.15, -0.1) is 0 Å². The first kappa shape index (κ1) is 11.9. The monoisotopic (exact) mass is 174 g/mol. The van der Waals surface area contributed by atoms with Gasteiger partial charge >= 0.3 is 0 Å². The van der Waals surface area contributed by atoms with Gasteiger partial charge in [0.05, 0.1) is 0 Å². The van der Waals surface area contributed by atoms with Crippen LogP contribution < -0.4 is 5.32 Å². The summed E-state index contributed by atoms with van der Waals surface area (Å²) in [6.45, 7) is 4.56. The SMILES string of the molecule is CC(CCCO)NCCN(C)C. The van der Waals surface area contributed by atoms with Crippen molar-refractivity contribution in [1.29, 1.82) is 0 Å². The first-order chi connectivity index (χ1) is 5.66. The maximum Gasteiger partial charge on any atom is 0.0431 e. The van der Waals surface area contributed by atoms with Crippen LogP contribution in [0.25, 0.3) is 0 Å². The summed E-state index contributed by atoms with van der Waals surface area (Å²) in [4.78, 5) is 2.16. The third-order valence-electron chi connectivity index (χ3n) is 1.85. The molecule has 0 spiro atoms. The predicted octanol–water partition coefficient (Wildman–Crippen LogP) is 0.299. The Balaban J connectivity index is 3.13. The van der Waals surface area contributed by atoms with Gasteiger partial charge in [-0.05, 0) is 33.9 Å². The third kappa shape index (κ3) is 7.98. The number of aliphatic hydroxyl groups excluding tert-OH is 1. The van der Waals surface area contributed by atoms with Gasteiger partial charge in [0.25, 0.3) is 0 Å². The molecule has 2 N–H and O–H groups in total. The van der Waals surface area contributed by atoms with Gasteiger partial charge in [0.15, 0.2) is 0 Å². The highest BCUT2D eigenvalue weighted by atomic mass is 16.2. The van der Waals surface area contributed by atoms with Crippen molar-refractivity contribution in [2.24, 2.45) is 0 Å². The van der Waals surface area contributed by atoms with Gasteiger partial charge in [-0.2, -0.15) is 0 Å². The normalized spacial score (nSPS) is 13.8. The molecule has 0 saturated carbocycles. The number of aliphatic hydroxyl groups is 1. The summed E-state index contributed by atoms with van der Waals surface area (Å²) in [7, 11) is 4.14. The Hall–Kier alpha value is -0.120. The summed E-state index contributed by atoms with van der Waals surface area (Å²) in [6, 6.07) is 0.525. The van der Waals surface area contributed by atoms with Crippen LogP contribution in [0.1, 0.15) is 19.8 Å². The van der Waals surface area contributed by atoms with Crippen LogP contribution in [0, 0.1) is 0 Å². The molecule has 0 saturated heterocycles. The molecule has 1 atom stereocenters. The van der Waals surface area contributed by atoms with Crippen LogP contribution in [0.5, 0.6) is 0 Å². The van der Waals surface area contributed by atoms with E-state index in [1.54, 1.807) is 0 Å². The molecule has 74 valence electrons. The Kier molecular flexibility index (Phi) is 7.45. The number of nitrogens with one attached hydrogen (secondary N) is 1. The lowest BCUT2D eigenvalue weighted by Crippen LogP contribution is -2.33. The lowest BCUT2D eigenvalue weighted by atomic mass is 10.2. The van der Waals surface area contributed by atoms with Crippen LogP contribution in [0.2, 0.25) is 0 Å². The molecule has 0 aliphatic rings. The minimum Gasteiger partial charge on any atom is -0.396 e. The van der Waals surface area contributed by atoms with Crippen molar-refractivity contribution < 1.29 is 5.11 Å². The molecule has 0 rings (SSSR count). The first-order valence-corrected chi connectivity index (χ1v) is 4.65. The van der Waals surface area contributed by atoms with E-state index in [-0.39, 0.29) is 0 Å². The molecule has 1 unspecified atom stereocenters. The molecule has 0 aromatic heterocycles. The lowest BCUT2D eigenvalue weighted by Gasteiger charge is -2.15. The average Bonchev–Trinajstić information content (AvgIpc) is 2.00. The van der Waals surface area contributed by atoms with Crippen molar-refractivity contribution >= 4 is 0 Å². The Bertz CT molecular complexity index is 96.5. The molecule has 3 heteroatoms. The van der Waals surface area contributed by atoms with Crippen LogP contribution >= 0.6 is 0 Å². The molecule has 0 aromatic carbocycles. The fourth-order valence-electron chi connectivity index (χ4n) is 1.03. The highest BCUT2D eigenvalue weighted by molar-refractivity contribution is 4.60. The third-order valence-corrected chi connectivity index (χ3v) is 1.85. The van der Waals surface area contributed by atoms with E-state index in [9.17, 15) is 0 Å². The largest absolute Gasteiger partial charge is 0.396 e. The van der Waals surface area contributed by atoms with Crippen molar-refractivity contribution in [3.63, 3.8) is 0 Å². The molecule has 0 fully saturated rings. The van der Waals surface area contributed by atoms with Gasteiger partial charge in [-0.3, -0.25) is 0 Å². The first-order valence-electron chi connectivity index (χ1n) is 4.65. The Labute approximate surface area is 75.8 Å². The highest BCUT2D eigenvalue weighted by Gasteiger charge is 1.99. The predicted molar refractivity (Wildman–Crippen MR) is 52.3 cm³/mol. The number of nitrogens with zero attached hydrogens (tertiary/aromatic N) is 1. The second-order valence-electron chi connectivity index (χ2n) is 3.52. The van der Waals surface area contributed by atoms with Crippen LogP contribution in [0.4, 0.5) is 0 Å². The minimum atomic E-state index is 0.305. The van der Waals surface area contributed by atoms with Crippen molar-refractivity contribution in [1.82, 2.24) is 10.2 Å².